The molecule has 0 radical (unpaired) electrons. The molecule has 0 aromatic heterocycles. The Balaban J connectivity index is 2.96. The highest BCUT2D eigenvalue weighted by molar-refractivity contribution is 5.98. The maximum Gasteiger partial charge on any atom is 0.167 e. The van der Waals surface area contributed by atoms with E-state index >= 15 is 0 Å². The number of carbonyl (C=O) groups is 1. The maximum atomic E-state index is 13.2. The minimum atomic E-state index is -0.340. The molecular weight excluding hydrogens is 193 g/mol. The van der Waals surface area contributed by atoms with Gasteiger partial charge in [-0.1, -0.05) is 19.1 Å². The monoisotopic (exact) mass is 209 g/mol. The molecule has 0 fully saturated rings. The van der Waals surface area contributed by atoms with E-state index in [1.54, 1.807) is 19.1 Å². The van der Waals surface area contributed by atoms with Crippen LogP contribution in [0.3, 0.4) is 0 Å². The van der Waals surface area contributed by atoms with Gasteiger partial charge in [0.15, 0.2) is 5.78 Å². The first-order valence-corrected chi connectivity index (χ1v) is 5.10. The fraction of sp³-hybridized carbons (Fsp3) is 0.417. The topological polar surface area (TPSA) is 43.1 Å². The number of rotatable bonds is 4. The molecule has 3 heteroatoms. The normalized spacial score (nSPS) is 12.5. The molecule has 0 aliphatic heterocycles. The van der Waals surface area contributed by atoms with Crippen molar-refractivity contribution in [3.8, 4) is 0 Å². The van der Waals surface area contributed by atoms with Crippen molar-refractivity contribution in [1.82, 2.24) is 0 Å². The van der Waals surface area contributed by atoms with E-state index in [0.29, 0.717) is 24.1 Å². The molecule has 0 saturated carbocycles. The summed E-state index contributed by atoms with van der Waals surface area (Å²) in [6.45, 7) is 3.88. The standard InChI is InChI=1S/C12H16FNO/c1-3-9(7-14)12(15)10-5-4-8(2)11(13)6-10/h4-6,9H,3,7,14H2,1-2H3. The van der Waals surface area contributed by atoms with Crippen LogP contribution in [0.15, 0.2) is 18.2 Å². The highest BCUT2D eigenvalue weighted by Gasteiger charge is 2.17. The molecule has 0 spiro atoms. The van der Waals surface area contributed by atoms with Gasteiger partial charge in [0, 0.05) is 18.0 Å². The van der Waals surface area contributed by atoms with Crippen LogP contribution in [0.2, 0.25) is 0 Å². The van der Waals surface area contributed by atoms with E-state index in [0.717, 1.165) is 0 Å². The maximum absolute atomic E-state index is 13.2. The largest absolute Gasteiger partial charge is 0.330 e. The number of Topliss-reactive ketones (excluding diaryl/α,β-unsaturated/α-hetero) is 1. The van der Waals surface area contributed by atoms with Gasteiger partial charge in [0.1, 0.15) is 5.82 Å². The van der Waals surface area contributed by atoms with Gasteiger partial charge in [-0.05, 0) is 25.0 Å². The van der Waals surface area contributed by atoms with Crippen LogP contribution in [0.4, 0.5) is 4.39 Å². The minimum Gasteiger partial charge on any atom is -0.330 e. The summed E-state index contributed by atoms with van der Waals surface area (Å²) < 4.78 is 13.2. The van der Waals surface area contributed by atoms with Crippen molar-refractivity contribution >= 4 is 5.78 Å². The van der Waals surface area contributed by atoms with Crippen molar-refractivity contribution in [1.29, 1.82) is 0 Å². The number of benzene rings is 1. The summed E-state index contributed by atoms with van der Waals surface area (Å²) in [4.78, 5) is 11.8. The van der Waals surface area contributed by atoms with Crippen LogP contribution >= 0.6 is 0 Å². The molecule has 0 aliphatic carbocycles. The number of nitrogens with two attached hydrogens (primary N) is 1. The van der Waals surface area contributed by atoms with Gasteiger partial charge in [-0.25, -0.2) is 4.39 Å². The van der Waals surface area contributed by atoms with Gasteiger partial charge in [0.2, 0.25) is 0 Å². The third kappa shape index (κ3) is 2.63. The highest BCUT2D eigenvalue weighted by atomic mass is 19.1. The van der Waals surface area contributed by atoms with Crippen molar-refractivity contribution in [2.24, 2.45) is 11.7 Å². The van der Waals surface area contributed by atoms with E-state index < -0.39 is 0 Å². The number of aryl methyl sites for hydroxylation is 1. The van der Waals surface area contributed by atoms with E-state index in [2.05, 4.69) is 0 Å². The van der Waals surface area contributed by atoms with Gasteiger partial charge in [-0.3, -0.25) is 4.79 Å². The van der Waals surface area contributed by atoms with Crippen LogP contribution in [0.5, 0.6) is 0 Å². The summed E-state index contributed by atoms with van der Waals surface area (Å²) in [5.41, 5.74) is 6.44. The quantitative estimate of drug-likeness (QED) is 0.773. The van der Waals surface area contributed by atoms with Crippen molar-refractivity contribution in [3.05, 3.63) is 35.1 Å². The van der Waals surface area contributed by atoms with Crippen molar-refractivity contribution in [3.63, 3.8) is 0 Å². The molecule has 1 rings (SSSR count). The summed E-state index contributed by atoms with van der Waals surface area (Å²) >= 11 is 0. The Kier molecular flexibility index (Phi) is 3.97. The van der Waals surface area contributed by atoms with E-state index in [1.807, 2.05) is 6.92 Å². The lowest BCUT2D eigenvalue weighted by atomic mass is 9.95. The number of halogens is 1. The molecule has 2 N–H and O–H groups in total. The SMILES string of the molecule is CCC(CN)C(=O)c1ccc(C)c(F)c1. The molecule has 15 heavy (non-hydrogen) atoms. The van der Waals surface area contributed by atoms with E-state index in [9.17, 15) is 9.18 Å². The zero-order chi connectivity index (χ0) is 11.4. The van der Waals surface area contributed by atoms with Gasteiger partial charge in [0.05, 0.1) is 0 Å². The van der Waals surface area contributed by atoms with Gasteiger partial charge >= 0.3 is 0 Å². The van der Waals surface area contributed by atoms with Gasteiger partial charge in [0.25, 0.3) is 0 Å². The Morgan fingerprint density at radius 3 is 2.67 bits per heavy atom. The van der Waals surface area contributed by atoms with E-state index in [1.165, 1.54) is 6.07 Å². The average Bonchev–Trinajstić information content (AvgIpc) is 2.23. The summed E-state index contributed by atoms with van der Waals surface area (Å²) in [5.74, 6) is -0.612. The van der Waals surface area contributed by atoms with Gasteiger partial charge in [-0.15, -0.1) is 0 Å². The first kappa shape index (κ1) is 11.9. The molecular formula is C12H16FNO. The predicted molar refractivity (Wildman–Crippen MR) is 58.3 cm³/mol. The van der Waals surface area contributed by atoms with Crippen LogP contribution in [0.25, 0.3) is 0 Å². The lowest BCUT2D eigenvalue weighted by molar-refractivity contribution is 0.0921. The summed E-state index contributed by atoms with van der Waals surface area (Å²) in [7, 11) is 0. The second-order valence-electron chi connectivity index (χ2n) is 3.67. The second kappa shape index (κ2) is 5.03. The predicted octanol–water partition coefficient (Wildman–Crippen LogP) is 2.30. The molecule has 82 valence electrons. The number of hydrogen-bond donors (Lipinski definition) is 1. The third-order valence-corrected chi connectivity index (χ3v) is 2.60. The number of ketones is 1. The highest BCUT2D eigenvalue weighted by Crippen LogP contribution is 2.14. The third-order valence-electron chi connectivity index (χ3n) is 2.60. The molecule has 0 aliphatic rings. The summed E-state index contributed by atoms with van der Waals surface area (Å²) in [6.07, 6.45) is 0.685. The molecule has 0 bridgehead atoms. The first-order chi connectivity index (χ1) is 7.10. The molecule has 0 saturated heterocycles. The zero-order valence-corrected chi connectivity index (χ0v) is 9.09. The number of hydrogen-bond acceptors (Lipinski definition) is 2. The Morgan fingerprint density at radius 1 is 1.53 bits per heavy atom. The fourth-order valence-electron chi connectivity index (χ4n) is 1.44. The Hall–Kier alpha value is -1.22. The molecule has 1 aromatic rings. The minimum absolute atomic E-state index is 0.0705. The van der Waals surface area contributed by atoms with Crippen molar-refractivity contribution < 1.29 is 9.18 Å². The van der Waals surface area contributed by atoms with Crippen LogP contribution in [0, 0.1) is 18.7 Å². The van der Waals surface area contributed by atoms with E-state index in [4.69, 9.17) is 5.73 Å². The fourth-order valence-corrected chi connectivity index (χ4v) is 1.44. The zero-order valence-electron chi connectivity index (χ0n) is 9.09. The molecule has 0 heterocycles. The average molecular weight is 209 g/mol. The lowest BCUT2D eigenvalue weighted by Crippen LogP contribution is -2.23. The summed E-state index contributed by atoms with van der Waals surface area (Å²) in [6, 6.07) is 4.56. The second-order valence-corrected chi connectivity index (χ2v) is 3.67. The lowest BCUT2D eigenvalue weighted by Gasteiger charge is -2.11. The molecule has 0 amide bonds. The van der Waals surface area contributed by atoms with E-state index in [-0.39, 0.29) is 17.5 Å². The number of carbonyl (C=O) groups excluding carboxylic acids is 1. The van der Waals surface area contributed by atoms with Gasteiger partial charge in [-0.2, -0.15) is 0 Å². The molecule has 1 aromatic carbocycles. The first-order valence-electron chi connectivity index (χ1n) is 5.10. The molecule has 1 atom stereocenters. The summed E-state index contributed by atoms with van der Waals surface area (Å²) in [5, 5.41) is 0. The van der Waals surface area contributed by atoms with Crippen molar-refractivity contribution in [2.45, 2.75) is 20.3 Å². The van der Waals surface area contributed by atoms with Crippen LogP contribution < -0.4 is 5.73 Å². The van der Waals surface area contributed by atoms with Gasteiger partial charge < -0.3 is 5.73 Å². The van der Waals surface area contributed by atoms with Crippen LogP contribution in [-0.2, 0) is 0 Å². The Bertz CT molecular complexity index is 359. The van der Waals surface area contributed by atoms with Crippen LogP contribution in [-0.4, -0.2) is 12.3 Å². The Labute approximate surface area is 89.3 Å². The smallest absolute Gasteiger partial charge is 0.167 e. The van der Waals surface area contributed by atoms with Crippen LogP contribution in [0.1, 0.15) is 29.3 Å². The Morgan fingerprint density at radius 2 is 2.20 bits per heavy atom. The molecule has 2 nitrogen and oxygen atoms in total. The van der Waals surface area contributed by atoms with Crippen molar-refractivity contribution in [2.75, 3.05) is 6.54 Å². The molecule has 1 unspecified atom stereocenters.